The Morgan fingerprint density at radius 3 is 2.71 bits per heavy atom. The first-order valence-electron chi connectivity index (χ1n) is 8.34. The summed E-state index contributed by atoms with van der Waals surface area (Å²) in [5, 5.41) is 3.86. The first kappa shape index (κ1) is 15.4. The van der Waals surface area contributed by atoms with Crippen LogP contribution >= 0.6 is 11.8 Å². The zero-order chi connectivity index (χ0) is 14.5. The van der Waals surface area contributed by atoms with Crippen LogP contribution < -0.4 is 5.32 Å². The molecule has 1 saturated heterocycles. The number of piperazine rings is 1. The van der Waals surface area contributed by atoms with E-state index < -0.39 is 0 Å². The summed E-state index contributed by atoms with van der Waals surface area (Å²) in [6.45, 7) is 3.67. The number of thioether (sulfide) groups is 1. The Balaban J connectivity index is 1.64. The zero-order valence-electron chi connectivity index (χ0n) is 13.2. The van der Waals surface area contributed by atoms with Crippen molar-refractivity contribution < 1.29 is 0 Å². The molecule has 1 aliphatic heterocycles. The second kappa shape index (κ2) is 7.17. The number of benzene rings is 1. The average Bonchev–Trinajstić information content (AvgIpc) is 2.98. The third kappa shape index (κ3) is 3.64. The lowest BCUT2D eigenvalue weighted by Crippen LogP contribution is -2.64. The molecule has 2 nitrogen and oxygen atoms in total. The van der Waals surface area contributed by atoms with Crippen molar-refractivity contribution in [2.45, 2.75) is 43.7 Å². The van der Waals surface area contributed by atoms with Crippen LogP contribution in [-0.2, 0) is 6.42 Å². The molecular weight excluding hydrogens is 276 g/mol. The van der Waals surface area contributed by atoms with Crippen molar-refractivity contribution in [2.24, 2.45) is 0 Å². The summed E-state index contributed by atoms with van der Waals surface area (Å²) in [5.74, 6) is 1.26. The van der Waals surface area contributed by atoms with Crippen LogP contribution in [0.2, 0.25) is 0 Å². The van der Waals surface area contributed by atoms with Crippen LogP contribution in [0.25, 0.3) is 0 Å². The number of nitrogens with zero attached hydrogens (tertiary/aromatic N) is 1. The zero-order valence-corrected chi connectivity index (χ0v) is 14.0. The number of rotatable bonds is 5. The van der Waals surface area contributed by atoms with Gasteiger partial charge >= 0.3 is 0 Å². The van der Waals surface area contributed by atoms with Gasteiger partial charge < -0.3 is 5.32 Å². The fraction of sp³-hybridized carbons (Fsp3) is 0.667. The first-order chi connectivity index (χ1) is 10.3. The minimum absolute atomic E-state index is 0.475. The van der Waals surface area contributed by atoms with Gasteiger partial charge in [-0.2, -0.15) is 11.8 Å². The topological polar surface area (TPSA) is 15.3 Å². The highest BCUT2D eigenvalue weighted by Crippen LogP contribution is 2.37. The molecule has 1 aliphatic carbocycles. The number of hydrogen-bond donors (Lipinski definition) is 1. The van der Waals surface area contributed by atoms with Crippen molar-refractivity contribution >= 4 is 11.8 Å². The van der Waals surface area contributed by atoms with Crippen molar-refractivity contribution in [3.8, 4) is 0 Å². The molecule has 1 aromatic carbocycles. The number of hydrogen-bond acceptors (Lipinski definition) is 3. The van der Waals surface area contributed by atoms with Gasteiger partial charge in [0.2, 0.25) is 0 Å². The molecule has 1 saturated carbocycles. The van der Waals surface area contributed by atoms with Gasteiger partial charge in [-0.05, 0) is 31.1 Å². The van der Waals surface area contributed by atoms with Crippen molar-refractivity contribution in [3.63, 3.8) is 0 Å². The Hall–Kier alpha value is -0.510. The molecule has 3 rings (SSSR count). The molecule has 1 heterocycles. The van der Waals surface area contributed by atoms with Crippen LogP contribution in [-0.4, -0.2) is 48.1 Å². The minimum atomic E-state index is 0.475. The highest BCUT2D eigenvalue weighted by Gasteiger charge is 2.42. The van der Waals surface area contributed by atoms with Crippen molar-refractivity contribution in [2.75, 3.05) is 31.6 Å². The van der Waals surface area contributed by atoms with E-state index in [1.165, 1.54) is 56.6 Å². The van der Waals surface area contributed by atoms with Crippen molar-refractivity contribution in [1.82, 2.24) is 10.2 Å². The summed E-state index contributed by atoms with van der Waals surface area (Å²) in [6.07, 6.45) is 9.01. The quantitative estimate of drug-likeness (QED) is 0.899. The molecule has 21 heavy (non-hydrogen) atoms. The van der Waals surface area contributed by atoms with Gasteiger partial charge in [0.05, 0.1) is 0 Å². The van der Waals surface area contributed by atoms with Gasteiger partial charge in [0, 0.05) is 37.0 Å². The smallest absolute Gasteiger partial charge is 0.0335 e. The molecule has 1 N–H and O–H groups in total. The van der Waals surface area contributed by atoms with E-state index in [2.05, 4.69) is 46.8 Å². The fourth-order valence-electron chi connectivity index (χ4n) is 4.06. The van der Waals surface area contributed by atoms with Crippen LogP contribution in [0.3, 0.4) is 0 Å². The summed E-state index contributed by atoms with van der Waals surface area (Å²) in [5.41, 5.74) is 1.94. The highest BCUT2D eigenvalue weighted by molar-refractivity contribution is 7.98. The molecule has 1 atom stereocenters. The molecule has 0 amide bonds. The van der Waals surface area contributed by atoms with Gasteiger partial charge in [-0.1, -0.05) is 43.2 Å². The van der Waals surface area contributed by atoms with E-state index in [0.29, 0.717) is 11.6 Å². The number of nitrogens with one attached hydrogen (secondary N) is 1. The van der Waals surface area contributed by atoms with Gasteiger partial charge in [0.25, 0.3) is 0 Å². The largest absolute Gasteiger partial charge is 0.311 e. The summed E-state index contributed by atoms with van der Waals surface area (Å²) in [7, 11) is 0. The Kier molecular flexibility index (Phi) is 5.25. The van der Waals surface area contributed by atoms with E-state index in [-0.39, 0.29) is 0 Å². The Labute approximate surface area is 133 Å². The fourth-order valence-corrected chi connectivity index (χ4v) is 4.46. The average molecular weight is 305 g/mol. The minimum Gasteiger partial charge on any atom is -0.311 e. The summed E-state index contributed by atoms with van der Waals surface area (Å²) >= 11 is 1.98. The van der Waals surface area contributed by atoms with Crippen LogP contribution in [0.15, 0.2) is 30.3 Å². The van der Waals surface area contributed by atoms with E-state index >= 15 is 0 Å². The van der Waals surface area contributed by atoms with Gasteiger partial charge in [0.15, 0.2) is 0 Å². The molecule has 0 bridgehead atoms. The summed E-state index contributed by atoms with van der Waals surface area (Å²) < 4.78 is 0. The Morgan fingerprint density at radius 2 is 2.00 bits per heavy atom. The normalized spacial score (nSPS) is 25.5. The molecule has 2 aliphatic rings. The van der Waals surface area contributed by atoms with E-state index in [1.807, 2.05) is 11.8 Å². The maximum absolute atomic E-state index is 3.86. The van der Waals surface area contributed by atoms with Gasteiger partial charge in [-0.25, -0.2) is 0 Å². The molecule has 3 heteroatoms. The Bertz CT molecular complexity index is 428. The van der Waals surface area contributed by atoms with Crippen LogP contribution in [0.4, 0.5) is 0 Å². The van der Waals surface area contributed by atoms with Gasteiger partial charge in [-0.3, -0.25) is 4.90 Å². The standard InChI is InChI=1S/C18H28N2S/c1-21-12-11-20-14-17(13-16-7-3-2-4-8-16)19-15-18(20)9-5-6-10-18/h2-4,7-8,17,19H,5-6,9-15H2,1H3. The molecule has 116 valence electrons. The lowest BCUT2D eigenvalue weighted by atomic mass is 9.89. The van der Waals surface area contributed by atoms with Crippen molar-refractivity contribution in [1.29, 1.82) is 0 Å². The third-order valence-electron chi connectivity index (χ3n) is 5.26. The lowest BCUT2D eigenvalue weighted by Gasteiger charge is -2.48. The predicted molar refractivity (Wildman–Crippen MR) is 93.1 cm³/mol. The molecule has 0 aromatic heterocycles. The predicted octanol–water partition coefficient (Wildman–Crippen LogP) is 3.18. The maximum Gasteiger partial charge on any atom is 0.0335 e. The van der Waals surface area contributed by atoms with E-state index in [4.69, 9.17) is 0 Å². The Morgan fingerprint density at radius 1 is 1.24 bits per heavy atom. The molecule has 1 spiro atoms. The molecular formula is C18H28N2S. The monoisotopic (exact) mass is 304 g/mol. The molecule has 1 aromatic rings. The maximum atomic E-state index is 3.86. The second-order valence-corrected chi connectivity index (χ2v) is 7.62. The molecule has 1 unspecified atom stereocenters. The molecule has 0 radical (unpaired) electrons. The van der Waals surface area contributed by atoms with E-state index in [1.54, 1.807) is 0 Å². The summed E-state index contributed by atoms with van der Waals surface area (Å²) in [6, 6.07) is 11.5. The first-order valence-corrected chi connectivity index (χ1v) is 9.73. The highest BCUT2D eigenvalue weighted by atomic mass is 32.2. The second-order valence-electron chi connectivity index (χ2n) is 6.64. The van der Waals surface area contributed by atoms with Crippen LogP contribution in [0.5, 0.6) is 0 Å². The van der Waals surface area contributed by atoms with Crippen LogP contribution in [0.1, 0.15) is 31.2 Å². The van der Waals surface area contributed by atoms with Crippen LogP contribution in [0, 0.1) is 0 Å². The molecule has 2 fully saturated rings. The van der Waals surface area contributed by atoms with E-state index in [9.17, 15) is 0 Å². The van der Waals surface area contributed by atoms with Gasteiger partial charge in [-0.15, -0.1) is 0 Å². The SMILES string of the molecule is CSCCN1CC(Cc2ccccc2)NCC12CCCC2. The van der Waals surface area contributed by atoms with Crippen molar-refractivity contribution in [3.05, 3.63) is 35.9 Å². The third-order valence-corrected chi connectivity index (χ3v) is 5.85. The van der Waals surface area contributed by atoms with Gasteiger partial charge in [0.1, 0.15) is 0 Å². The lowest BCUT2D eigenvalue weighted by molar-refractivity contribution is 0.0492. The summed E-state index contributed by atoms with van der Waals surface area (Å²) in [4.78, 5) is 2.82. The van der Waals surface area contributed by atoms with E-state index in [0.717, 1.165) is 6.42 Å².